The van der Waals surface area contributed by atoms with Crippen LogP contribution in [0.3, 0.4) is 0 Å². The summed E-state index contributed by atoms with van der Waals surface area (Å²) in [5.41, 5.74) is 3.81. The molecule has 1 N–H and O–H groups in total. The Labute approximate surface area is 173 Å². The third kappa shape index (κ3) is 4.61. The first kappa shape index (κ1) is 21.0. The first-order chi connectivity index (χ1) is 13.4. The van der Waals surface area contributed by atoms with Gasteiger partial charge < -0.3 is 10.1 Å². The van der Waals surface area contributed by atoms with Crippen LogP contribution in [0.2, 0.25) is 0 Å². The number of anilines is 1. The smallest absolute Gasteiger partial charge is 0.268 e. The second kappa shape index (κ2) is 9.15. The van der Waals surface area contributed by atoms with E-state index in [1.165, 1.54) is 11.8 Å². The third-order valence-corrected chi connectivity index (χ3v) is 6.88. The summed E-state index contributed by atoms with van der Waals surface area (Å²) in [6, 6.07) is 5.84. The number of methoxy groups -OCH3 is 1. The number of hydrogen-bond donors (Lipinski definition) is 1. The Kier molecular flexibility index (Phi) is 6.85. The number of nitrogens with one attached hydrogen (secondary N) is 1. The zero-order valence-electron chi connectivity index (χ0n) is 16.6. The maximum Gasteiger partial charge on any atom is 0.268 e. The molecule has 1 unspecified atom stereocenters. The number of nitrogens with zero attached hydrogens (tertiary/aromatic N) is 2. The Hall–Kier alpha value is -1.77. The van der Waals surface area contributed by atoms with Gasteiger partial charge in [0.15, 0.2) is 5.16 Å². The third-order valence-electron chi connectivity index (χ3n) is 4.69. The van der Waals surface area contributed by atoms with E-state index in [0.717, 1.165) is 33.8 Å². The molecule has 0 spiro atoms. The highest BCUT2D eigenvalue weighted by atomic mass is 32.2. The number of ether oxygens (including phenoxy) is 1. The molecule has 0 bridgehead atoms. The average molecular weight is 420 g/mol. The number of benzene rings is 1. The molecule has 1 aliphatic rings. The van der Waals surface area contributed by atoms with Crippen LogP contribution in [-0.2, 0) is 22.5 Å². The molecule has 2 aromatic rings. The molecule has 0 saturated carbocycles. The van der Waals surface area contributed by atoms with E-state index in [1.807, 2.05) is 32.0 Å². The number of fused-ring (bicyclic) bond motifs is 1. The van der Waals surface area contributed by atoms with Crippen LogP contribution in [0.15, 0.2) is 33.0 Å². The minimum absolute atomic E-state index is 0.0335. The highest BCUT2D eigenvalue weighted by Gasteiger charge is 2.26. The van der Waals surface area contributed by atoms with E-state index in [4.69, 9.17) is 9.72 Å². The van der Waals surface area contributed by atoms with Crippen LogP contribution in [0.4, 0.5) is 5.69 Å². The Bertz CT molecular complexity index is 943. The van der Waals surface area contributed by atoms with Crippen molar-refractivity contribution in [1.29, 1.82) is 0 Å². The number of carbonyl (C=O) groups excluding carboxylic acids is 1. The van der Waals surface area contributed by atoms with Crippen molar-refractivity contribution in [3.05, 3.63) is 45.4 Å². The van der Waals surface area contributed by atoms with Gasteiger partial charge >= 0.3 is 0 Å². The standard InChI is InChI=1S/C20H25N3O3S2/c1-12-6-5-7-15(14(12)3)21-17(24)11-27-20-22-16-10-13(2)28-18(16)19(25)23(20)8-9-26-4/h5-7,13H,8-11H2,1-4H3,(H,21,24). The molecule has 150 valence electrons. The lowest BCUT2D eigenvalue weighted by Crippen LogP contribution is -2.27. The molecule has 1 atom stereocenters. The van der Waals surface area contributed by atoms with Crippen molar-refractivity contribution in [1.82, 2.24) is 9.55 Å². The largest absolute Gasteiger partial charge is 0.383 e. The number of amides is 1. The lowest BCUT2D eigenvalue weighted by atomic mass is 10.1. The molecule has 0 radical (unpaired) electrons. The fraction of sp³-hybridized carbons (Fsp3) is 0.450. The Morgan fingerprint density at radius 3 is 2.96 bits per heavy atom. The monoisotopic (exact) mass is 419 g/mol. The van der Waals surface area contributed by atoms with Crippen molar-refractivity contribution in [3.63, 3.8) is 0 Å². The molecule has 2 heterocycles. The molecule has 6 nitrogen and oxygen atoms in total. The fourth-order valence-electron chi connectivity index (χ4n) is 3.02. The molecule has 1 amide bonds. The van der Waals surface area contributed by atoms with Crippen molar-refractivity contribution < 1.29 is 9.53 Å². The van der Waals surface area contributed by atoms with Gasteiger partial charge in [-0.05, 0) is 31.0 Å². The highest BCUT2D eigenvalue weighted by Crippen LogP contribution is 2.34. The van der Waals surface area contributed by atoms with Gasteiger partial charge in [-0.25, -0.2) is 4.98 Å². The van der Waals surface area contributed by atoms with Crippen LogP contribution in [0, 0.1) is 13.8 Å². The minimum atomic E-state index is -0.116. The second-order valence-corrected chi connectivity index (χ2v) is 9.23. The predicted octanol–water partition coefficient (Wildman–Crippen LogP) is 3.27. The van der Waals surface area contributed by atoms with E-state index in [0.29, 0.717) is 23.6 Å². The van der Waals surface area contributed by atoms with Crippen LogP contribution in [-0.4, -0.2) is 40.2 Å². The van der Waals surface area contributed by atoms with Gasteiger partial charge in [0.1, 0.15) is 0 Å². The Morgan fingerprint density at radius 2 is 2.21 bits per heavy atom. The van der Waals surface area contributed by atoms with Gasteiger partial charge in [0.2, 0.25) is 5.91 Å². The van der Waals surface area contributed by atoms with Crippen LogP contribution < -0.4 is 10.9 Å². The SMILES string of the molecule is COCCn1c(SCC(=O)Nc2cccc(C)c2C)nc2c(c1=O)SC(C)C2. The topological polar surface area (TPSA) is 73.2 Å². The Balaban J connectivity index is 1.77. The summed E-state index contributed by atoms with van der Waals surface area (Å²) in [5, 5.41) is 3.88. The number of hydrogen-bond acceptors (Lipinski definition) is 6. The predicted molar refractivity (Wildman–Crippen MR) is 115 cm³/mol. The molecule has 8 heteroatoms. The summed E-state index contributed by atoms with van der Waals surface area (Å²) in [4.78, 5) is 30.8. The zero-order chi connectivity index (χ0) is 20.3. The summed E-state index contributed by atoms with van der Waals surface area (Å²) in [5.74, 6) is 0.0726. The van der Waals surface area contributed by atoms with Gasteiger partial charge in [-0.15, -0.1) is 11.8 Å². The quantitative estimate of drug-likeness (QED) is 0.548. The van der Waals surface area contributed by atoms with Crippen LogP contribution in [0.1, 0.15) is 23.7 Å². The van der Waals surface area contributed by atoms with E-state index in [1.54, 1.807) is 23.4 Å². The van der Waals surface area contributed by atoms with Crippen molar-refractivity contribution in [2.24, 2.45) is 0 Å². The molecule has 1 aliphatic heterocycles. The van der Waals surface area contributed by atoms with Gasteiger partial charge in [-0.2, -0.15) is 0 Å². The van der Waals surface area contributed by atoms with Crippen molar-refractivity contribution >= 4 is 35.1 Å². The lowest BCUT2D eigenvalue weighted by Gasteiger charge is -2.14. The van der Waals surface area contributed by atoms with Gasteiger partial charge in [-0.3, -0.25) is 14.2 Å². The first-order valence-electron chi connectivity index (χ1n) is 9.19. The normalized spacial score (nSPS) is 15.5. The van der Waals surface area contributed by atoms with E-state index >= 15 is 0 Å². The number of rotatable bonds is 7. The molecular formula is C20H25N3O3S2. The summed E-state index contributed by atoms with van der Waals surface area (Å²) < 4.78 is 6.77. The second-order valence-electron chi connectivity index (χ2n) is 6.84. The van der Waals surface area contributed by atoms with Gasteiger partial charge in [0, 0.05) is 24.5 Å². The summed E-state index contributed by atoms with van der Waals surface area (Å²) in [6.07, 6.45) is 0.780. The minimum Gasteiger partial charge on any atom is -0.383 e. The Morgan fingerprint density at radius 1 is 1.43 bits per heavy atom. The first-order valence-corrected chi connectivity index (χ1v) is 11.1. The lowest BCUT2D eigenvalue weighted by molar-refractivity contribution is -0.113. The number of aryl methyl sites for hydroxylation is 1. The maximum atomic E-state index is 12.9. The molecule has 0 fully saturated rings. The van der Waals surface area contributed by atoms with E-state index in [2.05, 4.69) is 12.2 Å². The van der Waals surface area contributed by atoms with Gasteiger partial charge in [-0.1, -0.05) is 30.8 Å². The maximum absolute atomic E-state index is 12.9. The van der Waals surface area contributed by atoms with Crippen molar-refractivity contribution in [2.75, 3.05) is 24.8 Å². The summed E-state index contributed by atoms with van der Waals surface area (Å²) in [7, 11) is 1.60. The van der Waals surface area contributed by atoms with Crippen molar-refractivity contribution in [2.45, 2.75) is 49.0 Å². The zero-order valence-corrected chi connectivity index (χ0v) is 18.2. The van der Waals surface area contributed by atoms with E-state index < -0.39 is 0 Å². The molecule has 3 rings (SSSR count). The van der Waals surface area contributed by atoms with E-state index in [9.17, 15) is 9.59 Å². The van der Waals surface area contributed by atoms with Crippen molar-refractivity contribution in [3.8, 4) is 0 Å². The van der Waals surface area contributed by atoms with Crippen LogP contribution >= 0.6 is 23.5 Å². The summed E-state index contributed by atoms with van der Waals surface area (Å²) >= 11 is 2.87. The number of thioether (sulfide) groups is 2. The fourth-order valence-corrected chi connectivity index (χ4v) is 4.98. The molecule has 1 aromatic carbocycles. The van der Waals surface area contributed by atoms with Crippen LogP contribution in [0.25, 0.3) is 0 Å². The average Bonchev–Trinajstić information content (AvgIpc) is 3.04. The number of aromatic nitrogens is 2. The van der Waals surface area contributed by atoms with Gasteiger partial charge in [0.05, 0.1) is 29.5 Å². The summed E-state index contributed by atoms with van der Waals surface area (Å²) in [6.45, 7) is 6.94. The van der Waals surface area contributed by atoms with Gasteiger partial charge in [0.25, 0.3) is 5.56 Å². The van der Waals surface area contributed by atoms with Crippen LogP contribution in [0.5, 0.6) is 0 Å². The molecule has 0 aliphatic carbocycles. The number of carbonyl (C=O) groups is 1. The molecular weight excluding hydrogens is 394 g/mol. The van der Waals surface area contributed by atoms with E-state index in [-0.39, 0.29) is 17.2 Å². The molecule has 1 aromatic heterocycles. The molecule has 28 heavy (non-hydrogen) atoms. The highest BCUT2D eigenvalue weighted by molar-refractivity contribution is 8.00. The molecule has 0 saturated heterocycles.